The Labute approximate surface area is 95.3 Å². The Bertz CT molecular complexity index is 539. The predicted molar refractivity (Wildman–Crippen MR) is 55.2 cm³/mol. The van der Waals surface area contributed by atoms with Crippen molar-refractivity contribution in [3.8, 4) is 0 Å². The van der Waals surface area contributed by atoms with Crippen LogP contribution < -0.4 is 5.73 Å². The molecule has 0 aliphatic heterocycles. The molecule has 0 spiro atoms. The molecule has 0 aliphatic rings. The molecular formula is C10H11F3N4. The van der Waals surface area contributed by atoms with E-state index in [1.807, 2.05) is 0 Å². The number of rotatable bonds is 1. The van der Waals surface area contributed by atoms with Crippen LogP contribution in [0.4, 0.5) is 13.2 Å². The van der Waals surface area contributed by atoms with Crippen LogP contribution in [-0.2, 0) is 11.7 Å². The SMILES string of the molecule is CC(C)(N)c1cnc2cc(C(F)(F)F)nn2c1. The van der Waals surface area contributed by atoms with E-state index in [4.69, 9.17) is 5.73 Å². The van der Waals surface area contributed by atoms with E-state index >= 15 is 0 Å². The molecule has 0 saturated carbocycles. The van der Waals surface area contributed by atoms with Crippen LogP contribution in [0.15, 0.2) is 18.5 Å². The highest BCUT2D eigenvalue weighted by atomic mass is 19.4. The van der Waals surface area contributed by atoms with Crippen molar-refractivity contribution in [1.29, 1.82) is 0 Å². The fourth-order valence-electron chi connectivity index (χ4n) is 1.35. The zero-order valence-electron chi connectivity index (χ0n) is 9.28. The molecule has 0 saturated heterocycles. The molecule has 2 heterocycles. The highest BCUT2D eigenvalue weighted by Crippen LogP contribution is 2.28. The minimum Gasteiger partial charge on any atom is -0.322 e. The number of nitrogens with two attached hydrogens (primary N) is 1. The molecule has 4 nitrogen and oxygen atoms in total. The lowest BCUT2D eigenvalue weighted by Gasteiger charge is -2.18. The maximum Gasteiger partial charge on any atom is 0.435 e. The monoisotopic (exact) mass is 244 g/mol. The lowest BCUT2D eigenvalue weighted by Crippen LogP contribution is -2.29. The van der Waals surface area contributed by atoms with Crippen molar-refractivity contribution >= 4 is 5.65 Å². The van der Waals surface area contributed by atoms with Crippen molar-refractivity contribution in [2.24, 2.45) is 5.73 Å². The summed E-state index contributed by atoms with van der Waals surface area (Å²) in [7, 11) is 0. The summed E-state index contributed by atoms with van der Waals surface area (Å²) in [5.74, 6) is 0. The Hall–Kier alpha value is -1.63. The van der Waals surface area contributed by atoms with Crippen molar-refractivity contribution in [3.63, 3.8) is 0 Å². The fourth-order valence-corrected chi connectivity index (χ4v) is 1.35. The van der Waals surface area contributed by atoms with E-state index in [9.17, 15) is 13.2 Å². The van der Waals surface area contributed by atoms with Crippen LogP contribution >= 0.6 is 0 Å². The van der Waals surface area contributed by atoms with Gasteiger partial charge in [-0.05, 0) is 13.8 Å². The quantitative estimate of drug-likeness (QED) is 0.834. The summed E-state index contributed by atoms with van der Waals surface area (Å²) in [5.41, 5.74) is 4.96. The third-order valence-electron chi connectivity index (χ3n) is 2.35. The first-order valence-electron chi connectivity index (χ1n) is 4.90. The van der Waals surface area contributed by atoms with Gasteiger partial charge in [-0.1, -0.05) is 0 Å². The molecule has 0 amide bonds. The highest BCUT2D eigenvalue weighted by Gasteiger charge is 2.34. The van der Waals surface area contributed by atoms with Gasteiger partial charge >= 0.3 is 6.18 Å². The topological polar surface area (TPSA) is 56.2 Å². The number of hydrogen-bond donors (Lipinski definition) is 1. The number of hydrogen-bond acceptors (Lipinski definition) is 3. The van der Waals surface area contributed by atoms with Crippen LogP contribution in [0.2, 0.25) is 0 Å². The second-order valence-corrected chi connectivity index (χ2v) is 4.39. The zero-order valence-corrected chi connectivity index (χ0v) is 9.28. The maximum absolute atomic E-state index is 12.4. The summed E-state index contributed by atoms with van der Waals surface area (Å²) in [4.78, 5) is 3.90. The number of fused-ring (bicyclic) bond motifs is 1. The minimum absolute atomic E-state index is 0.144. The minimum atomic E-state index is -4.47. The second-order valence-electron chi connectivity index (χ2n) is 4.39. The van der Waals surface area contributed by atoms with Crippen molar-refractivity contribution in [3.05, 3.63) is 29.7 Å². The Balaban J connectivity index is 2.56. The molecule has 2 aromatic heterocycles. The van der Waals surface area contributed by atoms with E-state index in [0.29, 0.717) is 5.56 Å². The van der Waals surface area contributed by atoms with Gasteiger partial charge in [-0.25, -0.2) is 9.50 Å². The van der Waals surface area contributed by atoms with E-state index in [1.54, 1.807) is 13.8 Å². The first kappa shape index (κ1) is 11.8. The largest absolute Gasteiger partial charge is 0.435 e. The average molecular weight is 244 g/mol. The van der Waals surface area contributed by atoms with Crippen LogP contribution in [-0.4, -0.2) is 14.6 Å². The van der Waals surface area contributed by atoms with Gasteiger partial charge in [-0.3, -0.25) is 0 Å². The van der Waals surface area contributed by atoms with Crippen molar-refractivity contribution in [2.75, 3.05) is 0 Å². The van der Waals surface area contributed by atoms with Gasteiger partial charge in [0, 0.05) is 29.6 Å². The molecular weight excluding hydrogens is 233 g/mol. The van der Waals surface area contributed by atoms with Gasteiger partial charge in [-0.15, -0.1) is 0 Å². The molecule has 17 heavy (non-hydrogen) atoms. The van der Waals surface area contributed by atoms with Crippen LogP contribution in [0, 0.1) is 0 Å². The lowest BCUT2D eigenvalue weighted by atomic mass is 9.99. The number of alkyl halides is 3. The molecule has 7 heteroatoms. The fraction of sp³-hybridized carbons (Fsp3) is 0.400. The van der Waals surface area contributed by atoms with E-state index < -0.39 is 17.4 Å². The van der Waals surface area contributed by atoms with Gasteiger partial charge in [0.15, 0.2) is 11.3 Å². The molecule has 92 valence electrons. The third-order valence-corrected chi connectivity index (χ3v) is 2.35. The summed E-state index contributed by atoms with van der Waals surface area (Å²) < 4.78 is 38.4. The smallest absolute Gasteiger partial charge is 0.322 e. The van der Waals surface area contributed by atoms with Gasteiger partial charge < -0.3 is 5.73 Å². The Morgan fingerprint density at radius 1 is 1.29 bits per heavy atom. The van der Waals surface area contributed by atoms with E-state index in [2.05, 4.69) is 10.1 Å². The van der Waals surface area contributed by atoms with E-state index in [0.717, 1.165) is 10.6 Å². The van der Waals surface area contributed by atoms with Crippen LogP contribution in [0.5, 0.6) is 0 Å². The van der Waals surface area contributed by atoms with Gasteiger partial charge in [0.25, 0.3) is 0 Å². The van der Waals surface area contributed by atoms with Gasteiger partial charge in [0.05, 0.1) is 0 Å². The molecule has 2 N–H and O–H groups in total. The van der Waals surface area contributed by atoms with Crippen molar-refractivity contribution in [2.45, 2.75) is 25.6 Å². The first-order chi connectivity index (χ1) is 7.68. The summed E-state index contributed by atoms with van der Waals surface area (Å²) >= 11 is 0. The summed E-state index contributed by atoms with van der Waals surface area (Å²) in [6, 6.07) is 0.896. The van der Waals surface area contributed by atoms with Crippen molar-refractivity contribution in [1.82, 2.24) is 14.6 Å². The Morgan fingerprint density at radius 3 is 2.47 bits per heavy atom. The van der Waals surface area contributed by atoms with Gasteiger partial charge in [-0.2, -0.15) is 18.3 Å². The molecule has 2 rings (SSSR count). The molecule has 0 unspecified atom stereocenters. The first-order valence-corrected chi connectivity index (χ1v) is 4.90. The van der Waals surface area contributed by atoms with Crippen molar-refractivity contribution < 1.29 is 13.2 Å². The summed E-state index contributed by atoms with van der Waals surface area (Å²) in [6.07, 6.45) is -1.55. The summed E-state index contributed by atoms with van der Waals surface area (Å²) in [5, 5.41) is 3.43. The molecule has 0 aliphatic carbocycles. The standard InChI is InChI=1S/C10H11F3N4/c1-9(2,14)6-4-15-8-3-7(10(11,12)13)16-17(8)5-6/h3-5H,14H2,1-2H3. The van der Waals surface area contributed by atoms with E-state index in [1.165, 1.54) is 12.4 Å². The number of nitrogens with zero attached hydrogens (tertiary/aromatic N) is 3. The van der Waals surface area contributed by atoms with Gasteiger partial charge in [0.1, 0.15) is 0 Å². The molecule has 0 aromatic carbocycles. The number of aromatic nitrogens is 3. The van der Waals surface area contributed by atoms with Crippen LogP contribution in [0.1, 0.15) is 25.1 Å². The van der Waals surface area contributed by atoms with Crippen LogP contribution in [0.25, 0.3) is 5.65 Å². The zero-order chi connectivity index (χ0) is 12.8. The molecule has 0 atom stereocenters. The lowest BCUT2D eigenvalue weighted by molar-refractivity contribution is -0.141. The maximum atomic E-state index is 12.4. The molecule has 0 fully saturated rings. The highest BCUT2D eigenvalue weighted by molar-refractivity contribution is 5.40. The predicted octanol–water partition coefficient (Wildman–Crippen LogP) is 1.94. The molecule has 2 aromatic rings. The van der Waals surface area contributed by atoms with Gasteiger partial charge in [0.2, 0.25) is 0 Å². The average Bonchev–Trinajstić information content (AvgIpc) is 2.57. The van der Waals surface area contributed by atoms with Crippen LogP contribution in [0.3, 0.4) is 0 Å². The number of halogens is 3. The van der Waals surface area contributed by atoms with E-state index in [-0.39, 0.29) is 5.65 Å². The summed E-state index contributed by atoms with van der Waals surface area (Å²) in [6.45, 7) is 3.48. The second kappa shape index (κ2) is 3.43. The molecule has 0 radical (unpaired) electrons. The Morgan fingerprint density at radius 2 is 1.94 bits per heavy atom. The Kier molecular flexibility index (Phi) is 2.39. The normalized spacial score (nSPS) is 13.3. The third kappa shape index (κ3) is 2.23. The molecule has 0 bridgehead atoms.